The average molecular weight is 309 g/mol. The predicted octanol–water partition coefficient (Wildman–Crippen LogP) is 4.00. The van der Waals surface area contributed by atoms with Crippen molar-refractivity contribution in [3.8, 4) is 11.4 Å². The number of nitrogens with zero attached hydrogens (tertiary/aromatic N) is 1. The van der Waals surface area contributed by atoms with Crippen LogP contribution in [0.1, 0.15) is 5.69 Å². The number of nitrogens with one attached hydrogen (secondary N) is 1. The first-order valence-electron chi connectivity index (χ1n) is 4.45. The summed E-state index contributed by atoms with van der Waals surface area (Å²) in [7, 11) is 0. The molecule has 7 heteroatoms. The van der Waals surface area contributed by atoms with Crippen molar-refractivity contribution in [2.24, 2.45) is 0 Å². The van der Waals surface area contributed by atoms with E-state index in [1.165, 1.54) is 12.1 Å². The molecule has 0 bridgehead atoms. The topological polar surface area (TPSA) is 28.7 Å². The van der Waals surface area contributed by atoms with Gasteiger partial charge in [-0.25, -0.2) is 9.37 Å². The molecule has 0 radical (unpaired) electrons. The molecule has 2 aromatic rings. The van der Waals surface area contributed by atoms with Crippen LogP contribution in [0, 0.1) is 5.82 Å². The number of imidazole rings is 1. The lowest BCUT2D eigenvalue weighted by molar-refractivity contribution is -0.140. The van der Waals surface area contributed by atoms with E-state index in [0.717, 1.165) is 6.07 Å². The van der Waals surface area contributed by atoms with Gasteiger partial charge in [0.25, 0.3) is 0 Å². The maximum atomic E-state index is 13.5. The Bertz CT molecular complexity index is 547. The molecule has 0 saturated heterocycles. The summed E-state index contributed by atoms with van der Waals surface area (Å²) in [6, 6.07) is 4.03. The largest absolute Gasteiger partial charge is 0.432 e. The van der Waals surface area contributed by atoms with Gasteiger partial charge in [0.15, 0.2) is 0 Å². The third-order valence-corrected chi connectivity index (χ3v) is 2.56. The molecule has 17 heavy (non-hydrogen) atoms. The quantitative estimate of drug-likeness (QED) is 0.793. The number of alkyl halides is 3. The fourth-order valence-corrected chi connectivity index (χ4v) is 1.62. The molecule has 0 spiro atoms. The zero-order valence-electron chi connectivity index (χ0n) is 8.15. The summed E-state index contributed by atoms with van der Waals surface area (Å²) in [4.78, 5) is 5.55. The van der Waals surface area contributed by atoms with Crippen molar-refractivity contribution >= 4 is 15.9 Å². The highest BCUT2D eigenvalue weighted by Crippen LogP contribution is 2.30. The van der Waals surface area contributed by atoms with Gasteiger partial charge in [-0.2, -0.15) is 13.2 Å². The van der Waals surface area contributed by atoms with Crippen LogP contribution in [-0.4, -0.2) is 9.97 Å². The van der Waals surface area contributed by atoms with Crippen molar-refractivity contribution in [3.63, 3.8) is 0 Å². The summed E-state index contributed by atoms with van der Waals surface area (Å²) in [5.41, 5.74) is -1.02. The lowest BCUT2D eigenvalue weighted by atomic mass is 10.2. The second-order valence-electron chi connectivity index (χ2n) is 3.27. The molecule has 0 aliphatic carbocycles. The first kappa shape index (κ1) is 12.1. The lowest BCUT2D eigenvalue weighted by Gasteiger charge is -2.02. The molecular weight excluding hydrogens is 304 g/mol. The minimum Gasteiger partial charge on any atom is -0.334 e. The summed E-state index contributed by atoms with van der Waals surface area (Å²) >= 11 is 3.06. The average Bonchev–Trinajstić information content (AvgIpc) is 2.65. The van der Waals surface area contributed by atoms with Crippen molar-refractivity contribution < 1.29 is 17.6 Å². The van der Waals surface area contributed by atoms with Crippen molar-refractivity contribution in [2.75, 3.05) is 0 Å². The van der Waals surface area contributed by atoms with Crippen molar-refractivity contribution in [3.05, 3.63) is 40.4 Å². The van der Waals surface area contributed by atoms with E-state index in [-0.39, 0.29) is 11.4 Å². The van der Waals surface area contributed by atoms with Crippen LogP contribution >= 0.6 is 15.9 Å². The van der Waals surface area contributed by atoms with Crippen LogP contribution in [-0.2, 0) is 6.18 Å². The van der Waals surface area contributed by atoms with Gasteiger partial charge >= 0.3 is 6.18 Å². The van der Waals surface area contributed by atoms with E-state index >= 15 is 0 Å². The Kier molecular flexibility index (Phi) is 2.94. The van der Waals surface area contributed by atoms with Crippen molar-refractivity contribution in [1.82, 2.24) is 9.97 Å². The number of H-pyrrole nitrogens is 1. The highest BCUT2D eigenvalue weighted by molar-refractivity contribution is 9.10. The molecule has 0 unspecified atom stereocenters. The number of aromatic amines is 1. The van der Waals surface area contributed by atoms with E-state index in [2.05, 4.69) is 20.9 Å². The van der Waals surface area contributed by atoms with Crippen LogP contribution in [0.4, 0.5) is 17.6 Å². The van der Waals surface area contributed by atoms with Crippen molar-refractivity contribution in [1.29, 1.82) is 0 Å². The summed E-state index contributed by atoms with van der Waals surface area (Å²) in [6.07, 6.45) is -3.88. The standard InChI is InChI=1S/C10H5BrF4N2/c11-5-1-2-6(7(12)3-5)9-16-4-8(17-9)10(13,14)15/h1-4H,(H,16,17). The van der Waals surface area contributed by atoms with E-state index in [4.69, 9.17) is 0 Å². The van der Waals surface area contributed by atoms with E-state index in [0.29, 0.717) is 10.7 Å². The van der Waals surface area contributed by atoms with Gasteiger partial charge in [-0.3, -0.25) is 0 Å². The van der Waals surface area contributed by atoms with Crippen LogP contribution in [0.25, 0.3) is 11.4 Å². The number of benzene rings is 1. The Balaban J connectivity index is 2.44. The molecule has 0 fully saturated rings. The first-order valence-corrected chi connectivity index (χ1v) is 5.25. The third-order valence-electron chi connectivity index (χ3n) is 2.07. The molecule has 1 aromatic carbocycles. The van der Waals surface area contributed by atoms with Crippen LogP contribution in [0.3, 0.4) is 0 Å². The molecular formula is C10H5BrF4N2. The van der Waals surface area contributed by atoms with Gasteiger partial charge in [-0.05, 0) is 18.2 Å². The van der Waals surface area contributed by atoms with Gasteiger partial charge in [0.2, 0.25) is 0 Å². The van der Waals surface area contributed by atoms with E-state index in [1.807, 2.05) is 4.98 Å². The maximum Gasteiger partial charge on any atom is 0.432 e. The van der Waals surface area contributed by atoms with Gasteiger partial charge < -0.3 is 4.98 Å². The van der Waals surface area contributed by atoms with E-state index in [1.54, 1.807) is 0 Å². The molecule has 0 amide bonds. The molecule has 0 atom stereocenters. The smallest absolute Gasteiger partial charge is 0.334 e. The Labute approximate surface area is 102 Å². The summed E-state index contributed by atoms with van der Waals surface area (Å²) in [6.45, 7) is 0. The Morgan fingerprint density at radius 3 is 2.47 bits per heavy atom. The summed E-state index contributed by atoms with van der Waals surface area (Å²) in [5, 5.41) is 0. The third kappa shape index (κ3) is 2.49. The molecule has 2 nitrogen and oxygen atoms in total. The minimum absolute atomic E-state index is 0.0105. The van der Waals surface area contributed by atoms with Gasteiger partial charge in [0.1, 0.15) is 17.3 Å². The molecule has 1 N–H and O–H groups in total. The van der Waals surface area contributed by atoms with Crippen LogP contribution in [0.15, 0.2) is 28.9 Å². The van der Waals surface area contributed by atoms with E-state index in [9.17, 15) is 17.6 Å². The normalized spacial score (nSPS) is 11.8. The number of halogens is 5. The van der Waals surface area contributed by atoms with Gasteiger partial charge in [0.05, 0.1) is 11.8 Å². The van der Waals surface area contributed by atoms with Gasteiger partial charge in [0, 0.05) is 4.47 Å². The number of rotatable bonds is 1. The molecule has 1 aromatic heterocycles. The zero-order chi connectivity index (χ0) is 12.6. The number of hydrogen-bond acceptors (Lipinski definition) is 1. The first-order chi connectivity index (χ1) is 7.88. The maximum absolute atomic E-state index is 13.5. The van der Waals surface area contributed by atoms with Crippen molar-refractivity contribution in [2.45, 2.75) is 6.18 Å². The highest BCUT2D eigenvalue weighted by atomic mass is 79.9. The van der Waals surface area contributed by atoms with Gasteiger partial charge in [-0.15, -0.1) is 0 Å². The van der Waals surface area contributed by atoms with Crippen LogP contribution in [0.5, 0.6) is 0 Å². The molecule has 0 saturated carbocycles. The van der Waals surface area contributed by atoms with Crippen LogP contribution < -0.4 is 0 Å². The molecule has 1 heterocycles. The second-order valence-corrected chi connectivity index (χ2v) is 4.18. The Morgan fingerprint density at radius 2 is 1.94 bits per heavy atom. The lowest BCUT2D eigenvalue weighted by Crippen LogP contribution is -2.04. The Morgan fingerprint density at radius 1 is 1.24 bits per heavy atom. The molecule has 0 aliphatic heterocycles. The fourth-order valence-electron chi connectivity index (χ4n) is 1.28. The monoisotopic (exact) mass is 308 g/mol. The molecule has 0 aliphatic rings. The summed E-state index contributed by atoms with van der Waals surface area (Å²) in [5.74, 6) is -0.801. The number of hydrogen-bond donors (Lipinski definition) is 1. The summed E-state index contributed by atoms with van der Waals surface area (Å²) < 4.78 is 50.9. The fraction of sp³-hybridized carbons (Fsp3) is 0.100. The minimum atomic E-state index is -4.52. The second kappa shape index (κ2) is 4.14. The number of aromatic nitrogens is 2. The predicted molar refractivity (Wildman–Crippen MR) is 56.7 cm³/mol. The van der Waals surface area contributed by atoms with E-state index < -0.39 is 17.7 Å². The van der Waals surface area contributed by atoms with Gasteiger partial charge in [-0.1, -0.05) is 15.9 Å². The zero-order valence-corrected chi connectivity index (χ0v) is 9.73. The molecule has 90 valence electrons. The Hall–Kier alpha value is -1.37. The SMILES string of the molecule is Fc1cc(Br)ccc1-c1ncc(C(F)(F)F)[nH]1. The molecule has 2 rings (SSSR count). The van der Waals surface area contributed by atoms with Crippen LogP contribution in [0.2, 0.25) is 0 Å². The highest BCUT2D eigenvalue weighted by Gasteiger charge is 2.33.